The quantitative estimate of drug-likeness (QED) is 0.801. The molecule has 0 aromatic heterocycles. The van der Waals surface area contributed by atoms with E-state index in [0.717, 1.165) is 24.8 Å². The van der Waals surface area contributed by atoms with Crippen molar-refractivity contribution in [1.29, 1.82) is 0 Å². The van der Waals surface area contributed by atoms with E-state index in [1.165, 1.54) is 5.56 Å². The van der Waals surface area contributed by atoms with Gasteiger partial charge in [0.15, 0.2) is 0 Å². The molecule has 0 bridgehead atoms. The topological polar surface area (TPSA) is 72.6 Å². The predicted molar refractivity (Wildman–Crippen MR) is 59.3 cm³/mol. The third-order valence-corrected chi connectivity index (χ3v) is 2.99. The SMILES string of the molecule is NC(=O)OCC1CCCc2ccc(O)cc21. The number of ether oxygens (including phenoxy) is 1. The molecule has 1 amide bonds. The zero-order chi connectivity index (χ0) is 11.5. The molecule has 2 rings (SSSR count). The molecular formula is C12H15NO3. The van der Waals surface area contributed by atoms with E-state index in [1.54, 1.807) is 12.1 Å². The van der Waals surface area contributed by atoms with Gasteiger partial charge in [-0.05, 0) is 42.5 Å². The summed E-state index contributed by atoms with van der Waals surface area (Å²) >= 11 is 0. The molecule has 0 spiro atoms. The van der Waals surface area contributed by atoms with E-state index in [9.17, 15) is 9.90 Å². The Balaban J connectivity index is 2.18. The van der Waals surface area contributed by atoms with E-state index < -0.39 is 6.09 Å². The number of nitrogens with two attached hydrogens (primary N) is 1. The second-order valence-electron chi connectivity index (χ2n) is 4.10. The van der Waals surface area contributed by atoms with Crippen LogP contribution in [0.1, 0.15) is 29.9 Å². The average Bonchev–Trinajstić information content (AvgIpc) is 2.26. The molecule has 1 aliphatic carbocycles. The molecular weight excluding hydrogens is 206 g/mol. The summed E-state index contributed by atoms with van der Waals surface area (Å²) in [5.74, 6) is 0.410. The lowest BCUT2D eigenvalue weighted by Crippen LogP contribution is -2.20. The maximum absolute atomic E-state index is 10.6. The Labute approximate surface area is 94.0 Å². The first-order valence-electron chi connectivity index (χ1n) is 5.41. The fourth-order valence-corrected chi connectivity index (χ4v) is 2.24. The molecule has 86 valence electrons. The van der Waals surface area contributed by atoms with E-state index in [-0.39, 0.29) is 11.7 Å². The number of aromatic hydroxyl groups is 1. The Morgan fingerprint density at radius 3 is 3.12 bits per heavy atom. The van der Waals surface area contributed by atoms with Crippen LogP contribution in [0.5, 0.6) is 5.75 Å². The lowest BCUT2D eigenvalue weighted by molar-refractivity contribution is 0.146. The molecule has 4 nitrogen and oxygen atoms in total. The van der Waals surface area contributed by atoms with Crippen LogP contribution in [0.4, 0.5) is 4.79 Å². The van der Waals surface area contributed by atoms with E-state index in [2.05, 4.69) is 0 Å². The molecule has 1 atom stereocenters. The zero-order valence-electron chi connectivity index (χ0n) is 8.98. The van der Waals surface area contributed by atoms with Gasteiger partial charge in [-0.2, -0.15) is 0 Å². The molecule has 0 heterocycles. The van der Waals surface area contributed by atoms with Gasteiger partial charge in [-0.25, -0.2) is 4.79 Å². The normalized spacial score (nSPS) is 18.9. The van der Waals surface area contributed by atoms with Crippen molar-refractivity contribution < 1.29 is 14.6 Å². The van der Waals surface area contributed by atoms with Crippen molar-refractivity contribution in [3.8, 4) is 5.75 Å². The zero-order valence-corrected chi connectivity index (χ0v) is 8.98. The van der Waals surface area contributed by atoms with Crippen molar-refractivity contribution in [1.82, 2.24) is 0 Å². The molecule has 3 N–H and O–H groups in total. The Hall–Kier alpha value is -1.71. The molecule has 0 saturated carbocycles. The summed E-state index contributed by atoms with van der Waals surface area (Å²) in [6.45, 7) is 0.297. The Morgan fingerprint density at radius 2 is 2.38 bits per heavy atom. The molecule has 1 unspecified atom stereocenters. The number of phenols is 1. The molecule has 4 heteroatoms. The van der Waals surface area contributed by atoms with Crippen LogP contribution < -0.4 is 5.73 Å². The number of amides is 1. The monoisotopic (exact) mass is 221 g/mol. The van der Waals surface area contributed by atoms with Gasteiger partial charge in [-0.3, -0.25) is 0 Å². The number of phenolic OH excluding ortho intramolecular Hbond substituents is 1. The third-order valence-electron chi connectivity index (χ3n) is 2.99. The number of hydrogen-bond donors (Lipinski definition) is 2. The summed E-state index contributed by atoms with van der Waals surface area (Å²) in [7, 11) is 0. The van der Waals surface area contributed by atoms with E-state index in [0.29, 0.717) is 6.61 Å². The summed E-state index contributed by atoms with van der Waals surface area (Å²) in [5, 5.41) is 9.45. The highest BCUT2D eigenvalue weighted by molar-refractivity contribution is 5.64. The van der Waals surface area contributed by atoms with Crippen molar-refractivity contribution in [2.24, 2.45) is 5.73 Å². The fourth-order valence-electron chi connectivity index (χ4n) is 2.24. The smallest absolute Gasteiger partial charge is 0.404 e. The van der Waals surface area contributed by atoms with Crippen LogP contribution >= 0.6 is 0 Å². The van der Waals surface area contributed by atoms with Crippen molar-refractivity contribution >= 4 is 6.09 Å². The summed E-state index contributed by atoms with van der Waals surface area (Å²) in [5.41, 5.74) is 7.25. The van der Waals surface area contributed by atoms with Crippen molar-refractivity contribution in [3.63, 3.8) is 0 Å². The molecule has 0 radical (unpaired) electrons. The van der Waals surface area contributed by atoms with Gasteiger partial charge < -0.3 is 15.6 Å². The molecule has 16 heavy (non-hydrogen) atoms. The molecule has 1 aromatic carbocycles. The highest BCUT2D eigenvalue weighted by atomic mass is 16.5. The Kier molecular flexibility index (Phi) is 2.99. The lowest BCUT2D eigenvalue weighted by atomic mass is 9.83. The van der Waals surface area contributed by atoms with E-state index in [1.807, 2.05) is 6.07 Å². The molecule has 0 aliphatic heterocycles. The van der Waals surface area contributed by atoms with Gasteiger partial charge >= 0.3 is 6.09 Å². The number of carbonyl (C=O) groups excluding carboxylic acids is 1. The highest BCUT2D eigenvalue weighted by Gasteiger charge is 2.21. The van der Waals surface area contributed by atoms with Gasteiger partial charge in [0.25, 0.3) is 0 Å². The van der Waals surface area contributed by atoms with Gasteiger partial charge in [0, 0.05) is 5.92 Å². The second kappa shape index (κ2) is 4.43. The summed E-state index contributed by atoms with van der Waals surface area (Å²) in [4.78, 5) is 10.6. The molecule has 1 aromatic rings. The molecule has 0 fully saturated rings. The standard InChI is InChI=1S/C12H15NO3/c13-12(15)16-7-9-3-1-2-8-4-5-10(14)6-11(8)9/h4-6,9,14H,1-3,7H2,(H2,13,15). The van der Waals surface area contributed by atoms with Crippen LogP contribution in [0.15, 0.2) is 18.2 Å². The van der Waals surface area contributed by atoms with Crippen LogP contribution in [-0.2, 0) is 11.2 Å². The maximum atomic E-state index is 10.6. The van der Waals surface area contributed by atoms with Gasteiger partial charge in [0.05, 0.1) is 0 Å². The van der Waals surface area contributed by atoms with Crippen molar-refractivity contribution in [2.75, 3.05) is 6.61 Å². The molecule has 0 saturated heterocycles. The van der Waals surface area contributed by atoms with Crippen molar-refractivity contribution in [3.05, 3.63) is 29.3 Å². The first-order chi connectivity index (χ1) is 7.66. The molecule has 1 aliphatic rings. The van der Waals surface area contributed by atoms with Crippen molar-refractivity contribution in [2.45, 2.75) is 25.2 Å². The van der Waals surface area contributed by atoms with Gasteiger partial charge in [-0.15, -0.1) is 0 Å². The number of hydrogen-bond acceptors (Lipinski definition) is 3. The number of benzene rings is 1. The van der Waals surface area contributed by atoms with Crippen LogP contribution in [0.2, 0.25) is 0 Å². The van der Waals surface area contributed by atoms with Crippen LogP contribution in [0, 0.1) is 0 Å². The first kappa shape index (κ1) is 10.8. The average molecular weight is 221 g/mol. The van der Waals surface area contributed by atoms with Crippen LogP contribution in [-0.4, -0.2) is 17.8 Å². The number of primary amides is 1. The van der Waals surface area contributed by atoms with E-state index in [4.69, 9.17) is 10.5 Å². The lowest BCUT2D eigenvalue weighted by Gasteiger charge is -2.24. The fraction of sp³-hybridized carbons (Fsp3) is 0.417. The Morgan fingerprint density at radius 1 is 1.56 bits per heavy atom. The second-order valence-corrected chi connectivity index (χ2v) is 4.10. The number of carbonyl (C=O) groups is 1. The summed E-state index contributed by atoms with van der Waals surface area (Å²) < 4.78 is 4.84. The number of rotatable bonds is 2. The summed E-state index contributed by atoms with van der Waals surface area (Å²) in [6.07, 6.45) is 2.31. The maximum Gasteiger partial charge on any atom is 0.404 e. The first-order valence-corrected chi connectivity index (χ1v) is 5.41. The van der Waals surface area contributed by atoms with Crippen LogP contribution in [0.3, 0.4) is 0 Å². The minimum atomic E-state index is -0.743. The predicted octanol–water partition coefficient (Wildman–Crippen LogP) is 1.91. The van der Waals surface area contributed by atoms with Gasteiger partial charge in [0.1, 0.15) is 12.4 Å². The van der Waals surface area contributed by atoms with Gasteiger partial charge in [0.2, 0.25) is 0 Å². The Bertz CT molecular complexity index is 403. The largest absolute Gasteiger partial charge is 0.508 e. The minimum absolute atomic E-state index is 0.156. The third kappa shape index (κ3) is 2.27. The minimum Gasteiger partial charge on any atom is -0.508 e. The summed E-state index contributed by atoms with van der Waals surface area (Å²) in [6, 6.07) is 5.38. The number of fused-ring (bicyclic) bond motifs is 1. The highest BCUT2D eigenvalue weighted by Crippen LogP contribution is 2.33. The van der Waals surface area contributed by atoms with E-state index >= 15 is 0 Å². The van der Waals surface area contributed by atoms with Gasteiger partial charge in [-0.1, -0.05) is 6.07 Å². The van der Waals surface area contributed by atoms with Crippen LogP contribution in [0.25, 0.3) is 0 Å². The number of aryl methyl sites for hydroxylation is 1.